The normalized spacial score (nSPS) is 9.50. The number of rotatable bonds is 0. The molecule has 0 amide bonds. The molecule has 4 heteroatoms. The topological polar surface area (TPSA) is 57.3 Å². The van der Waals surface area contributed by atoms with Gasteiger partial charge in [0.15, 0.2) is 0 Å². The fraction of sp³-hybridized carbons (Fsp3) is 0. The van der Waals surface area contributed by atoms with Crippen LogP contribution in [0.15, 0.2) is 48.8 Å². The van der Waals surface area contributed by atoms with Crippen molar-refractivity contribution in [3.63, 3.8) is 0 Å². The molecule has 0 fully saturated rings. The quantitative estimate of drug-likeness (QED) is 0.470. The summed E-state index contributed by atoms with van der Waals surface area (Å²) in [4.78, 5) is 8.69. The fourth-order valence-electron chi connectivity index (χ4n) is 1.68. The maximum atomic E-state index is 4.35. The van der Waals surface area contributed by atoms with Crippen LogP contribution in [0.5, 0.6) is 0 Å². The van der Waals surface area contributed by atoms with Crippen LogP contribution in [0.4, 0.5) is 0 Å². The van der Waals surface area contributed by atoms with Crippen LogP contribution in [0.3, 0.4) is 0 Å². The summed E-state index contributed by atoms with van der Waals surface area (Å²) in [6, 6.07) is 12.1. The number of pyridine rings is 2. The van der Waals surface area contributed by atoms with Gasteiger partial charge in [0, 0.05) is 23.2 Å². The van der Waals surface area contributed by atoms with Crippen molar-refractivity contribution in [1.29, 1.82) is 0 Å². The first-order valence-corrected chi connectivity index (χ1v) is 4.53. The predicted octanol–water partition coefficient (Wildman–Crippen LogP) is 1.96. The van der Waals surface area contributed by atoms with Crippen molar-refractivity contribution < 1.29 is 25.0 Å². The van der Waals surface area contributed by atoms with Crippen LogP contribution < -0.4 is 0 Å². The summed E-state index contributed by atoms with van der Waals surface area (Å²) in [5, 5.41) is 2.28. The van der Waals surface area contributed by atoms with Gasteiger partial charge < -0.3 is 5.48 Å². The second-order valence-electron chi connectivity index (χ2n) is 3.22. The van der Waals surface area contributed by atoms with Crippen LogP contribution in [-0.2, 0) is 19.5 Å². The third kappa shape index (κ3) is 1.94. The zero-order chi connectivity index (χ0) is 9.38. The van der Waals surface area contributed by atoms with E-state index in [1.165, 1.54) is 0 Å². The smallest absolute Gasteiger partial charge is 0.412 e. The van der Waals surface area contributed by atoms with Gasteiger partial charge in [-0.2, -0.15) is 0 Å². The summed E-state index contributed by atoms with van der Waals surface area (Å²) in [6.45, 7) is 0. The molecular weight excluding hydrogens is 289 g/mol. The van der Waals surface area contributed by atoms with E-state index in [4.69, 9.17) is 0 Å². The Kier molecular flexibility index (Phi) is 4.05. The minimum absolute atomic E-state index is 0. The number of aromatic nitrogens is 2. The largest absolute Gasteiger partial charge is 2.00 e. The standard InChI is InChI=1S/C12H8N2.H2O.Ru/c1-3-9-5-6-10-4-2-8-14-12(10)11(9)13-7-1;;/h1-8H;1H2;/q;;+2. The van der Waals surface area contributed by atoms with E-state index in [0.29, 0.717) is 0 Å². The molecule has 2 N–H and O–H groups in total. The molecule has 2 heterocycles. The SMILES string of the molecule is O.[Ru+2].c1cnc2c(c1)ccc1cccnc12. The van der Waals surface area contributed by atoms with Crippen molar-refractivity contribution in [3.05, 3.63) is 48.8 Å². The first-order valence-electron chi connectivity index (χ1n) is 4.53. The summed E-state index contributed by atoms with van der Waals surface area (Å²) in [5.41, 5.74) is 1.95. The van der Waals surface area contributed by atoms with Gasteiger partial charge in [-0.25, -0.2) is 0 Å². The summed E-state index contributed by atoms with van der Waals surface area (Å²) >= 11 is 0. The first-order chi connectivity index (χ1) is 6.95. The summed E-state index contributed by atoms with van der Waals surface area (Å²) in [7, 11) is 0. The van der Waals surface area contributed by atoms with Crippen LogP contribution in [0.1, 0.15) is 0 Å². The van der Waals surface area contributed by atoms with Gasteiger partial charge >= 0.3 is 19.5 Å². The second-order valence-corrected chi connectivity index (χ2v) is 3.22. The Hall–Kier alpha value is -1.38. The van der Waals surface area contributed by atoms with E-state index in [1.54, 1.807) is 12.4 Å². The molecular formula is C12H10N2ORu+2. The second kappa shape index (κ2) is 5.10. The fourth-order valence-corrected chi connectivity index (χ4v) is 1.68. The van der Waals surface area contributed by atoms with Crippen LogP contribution in [-0.4, -0.2) is 15.4 Å². The van der Waals surface area contributed by atoms with Crippen LogP contribution in [0.25, 0.3) is 21.8 Å². The molecule has 80 valence electrons. The Balaban J connectivity index is 0.000000640. The molecule has 0 saturated carbocycles. The average Bonchev–Trinajstić information content (AvgIpc) is 2.29. The van der Waals surface area contributed by atoms with Crippen LogP contribution >= 0.6 is 0 Å². The van der Waals surface area contributed by atoms with Gasteiger partial charge in [-0.1, -0.05) is 24.3 Å². The average molecular weight is 299 g/mol. The zero-order valence-electron chi connectivity index (χ0n) is 8.37. The van der Waals surface area contributed by atoms with Crippen LogP contribution in [0.2, 0.25) is 0 Å². The molecule has 0 aliphatic heterocycles. The molecule has 3 rings (SSSR count). The maximum Gasteiger partial charge on any atom is 2.00 e. The molecule has 1 aromatic carbocycles. The summed E-state index contributed by atoms with van der Waals surface area (Å²) < 4.78 is 0. The zero-order valence-corrected chi connectivity index (χ0v) is 10.1. The van der Waals surface area contributed by atoms with E-state index in [-0.39, 0.29) is 25.0 Å². The van der Waals surface area contributed by atoms with E-state index in [2.05, 4.69) is 34.2 Å². The number of fused-ring (bicyclic) bond motifs is 3. The molecule has 0 saturated heterocycles. The summed E-state index contributed by atoms with van der Waals surface area (Å²) in [5.74, 6) is 0. The van der Waals surface area contributed by atoms with Gasteiger partial charge in [-0.3, -0.25) is 9.97 Å². The first kappa shape index (κ1) is 12.7. The maximum absolute atomic E-state index is 4.35. The van der Waals surface area contributed by atoms with Gasteiger partial charge in [0.05, 0.1) is 11.0 Å². The summed E-state index contributed by atoms with van der Waals surface area (Å²) in [6.07, 6.45) is 3.60. The Bertz CT molecular complexity index is 558. The monoisotopic (exact) mass is 300 g/mol. The van der Waals surface area contributed by atoms with E-state index < -0.39 is 0 Å². The van der Waals surface area contributed by atoms with E-state index in [9.17, 15) is 0 Å². The van der Waals surface area contributed by atoms with E-state index in [1.807, 2.05) is 12.1 Å². The van der Waals surface area contributed by atoms with Gasteiger partial charge in [0.25, 0.3) is 0 Å². The Morgan fingerprint density at radius 1 is 0.688 bits per heavy atom. The molecule has 3 nitrogen and oxygen atoms in total. The van der Waals surface area contributed by atoms with Crippen molar-refractivity contribution in [2.24, 2.45) is 0 Å². The van der Waals surface area contributed by atoms with Gasteiger partial charge in [-0.15, -0.1) is 0 Å². The molecule has 0 bridgehead atoms. The van der Waals surface area contributed by atoms with Crippen molar-refractivity contribution in [2.45, 2.75) is 0 Å². The van der Waals surface area contributed by atoms with Crippen molar-refractivity contribution in [1.82, 2.24) is 9.97 Å². The van der Waals surface area contributed by atoms with Crippen molar-refractivity contribution in [2.75, 3.05) is 0 Å². The minimum atomic E-state index is 0. The Labute approximate surface area is 106 Å². The van der Waals surface area contributed by atoms with Crippen LogP contribution in [0, 0.1) is 0 Å². The van der Waals surface area contributed by atoms with Crippen molar-refractivity contribution >= 4 is 21.8 Å². The molecule has 16 heavy (non-hydrogen) atoms. The van der Waals surface area contributed by atoms with E-state index in [0.717, 1.165) is 21.8 Å². The minimum Gasteiger partial charge on any atom is -0.412 e. The van der Waals surface area contributed by atoms with Crippen molar-refractivity contribution in [3.8, 4) is 0 Å². The van der Waals surface area contributed by atoms with Gasteiger partial charge in [0.1, 0.15) is 0 Å². The molecule has 0 spiro atoms. The molecule has 0 radical (unpaired) electrons. The predicted molar refractivity (Wildman–Crippen MR) is 60.7 cm³/mol. The Morgan fingerprint density at radius 3 is 1.56 bits per heavy atom. The third-order valence-corrected chi connectivity index (χ3v) is 2.34. The molecule has 0 aliphatic carbocycles. The number of hydrogen-bond acceptors (Lipinski definition) is 2. The number of nitrogens with zero attached hydrogens (tertiary/aromatic N) is 2. The molecule has 0 aliphatic rings. The van der Waals surface area contributed by atoms with Gasteiger partial charge in [-0.05, 0) is 12.1 Å². The third-order valence-electron chi connectivity index (χ3n) is 2.34. The number of benzene rings is 1. The number of hydrogen-bond donors (Lipinski definition) is 0. The molecule has 3 aromatic rings. The Morgan fingerprint density at radius 2 is 1.12 bits per heavy atom. The molecule has 0 unspecified atom stereocenters. The van der Waals surface area contributed by atoms with E-state index >= 15 is 0 Å². The van der Waals surface area contributed by atoms with Gasteiger partial charge in [0.2, 0.25) is 0 Å². The molecule has 0 atom stereocenters. The molecule has 2 aromatic heterocycles.